The number of methoxy groups -OCH3 is 1. The first-order valence-corrected chi connectivity index (χ1v) is 6.90. The van der Waals surface area contributed by atoms with Crippen molar-refractivity contribution in [2.45, 2.75) is 13.5 Å². The van der Waals surface area contributed by atoms with E-state index in [0.717, 1.165) is 22.3 Å². The fraction of sp³-hybridized carbons (Fsp3) is 0.357. The van der Waals surface area contributed by atoms with Gasteiger partial charge in [-0.25, -0.2) is 4.98 Å². The molecular weight excluding hydrogens is 308 g/mol. The second-order valence-corrected chi connectivity index (χ2v) is 5.15. The average Bonchev–Trinajstić information content (AvgIpc) is 2.83. The highest BCUT2D eigenvalue weighted by molar-refractivity contribution is 9.10. The van der Waals surface area contributed by atoms with E-state index in [1.807, 2.05) is 12.1 Å². The lowest BCUT2D eigenvalue weighted by molar-refractivity contribution is 0.199. The van der Waals surface area contributed by atoms with Crippen LogP contribution in [0, 0.1) is 6.92 Å². The van der Waals surface area contributed by atoms with Gasteiger partial charge in [-0.1, -0.05) is 6.07 Å². The minimum Gasteiger partial charge on any atom is -0.444 e. The number of aromatic nitrogens is 1. The van der Waals surface area contributed by atoms with Gasteiger partial charge in [0.25, 0.3) is 0 Å². The van der Waals surface area contributed by atoms with Crippen LogP contribution in [0.15, 0.2) is 33.4 Å². The number of hydrogen-bond acceptors (Lipinski definition) is 4. The molecule has 2 aromatic rings. The van der Waals surface area contributed by atoms with Crippen molar-refractivity contribution in [2.75, 3.05) is 20.3 Å². The van der Waals surface area contributed by atoms with Gasteiger partial charge in [0.15, 0.2) is 0 Å². The normalized spacial score (nSPS) is 10.9. The summed E-state index contributed by atoms with van der Waals surface area (Å²) in [4.78, 5) is 4.47. The molecule has 4 nitrogen and oxygen atoms in total. The van der Waals surface area contributed by atoms with Crippen LogP contribution in [0.5, 0.6) is 0 Å². The minimum atomic E-state index is 0.635. The van der Waals surface area contributed by atoms with E-state index in [0.29, 0.717) is 19.0 Å². The summed E-state index contributed by atoms with van der Waals surface area (Å²) in [6, 6.07) is 6.10. The lowest BCUT2D eigenvalue weighted by Crippen LogP contribution is -2.18. The summed E-state index contributed by atoms with van der Waals surface area (Å²) in [6.07, 6.45) is 1.68. The van der Waals surface area contributed by atoms with Gasteiger partial charge in [-0.3, -0.25) is 0 Å². The Bertz CT molecular complexity index is 540. The van der Waals surface area contributed by atoms with E-state index in [1.54, 1.807) is 13.4 Å². The number of oxazole rings is 1. The molecule has 19 heavy (non-hydrogen) atoms. The maximum absolute atomic E-state index is 5.52. The molecule has 0 atom stereocenters. The Hall–Kier alpha value is -1.17. The fourth-order valence-corrected chi connectivity index (χ4v) is 2.36. The third kappa shape index (κ3) is 3.89. The summed E-state index contributed by atoms with van der Waals surface area (Å²) in [5.74, 6) is 0.635. The molecule has 0 aliphatic heterocycles. The van der Waals surface area contributed by atoms with Crippen LogP contribution in [0.25, 0.3) is 11.5 Å². The number of aryl methyl sites for hydroxylation is 1. The van der Waals surface area contributed by atoms with Gasteiger partial charge in [0.05, 0.1) is 17.9 Å². The first-order valence-electron chi connectivity index (χ1n) is 6.11. The molecule has 1 heterocycles. The van der Waals surface area contributed by atoms with Crippen molar-refractivity contribution >= 4 is 15.9 Å². The molecule has 102 valence electrons. The van der Waals surface area contributed by atoms with Gasteiger partial charge in [-0.05, 0) is 40.5 Å². The van der Waals surface area contributed by atoms with Crippen LogP contribution in [-0.2, 0) is 11.3 Å². The molecule has 1 aromatic carbocycles. The van der Waals surface area contributed by atoms with E-state index in [-0.39, 0.29) is 0 Å². The predicted molar refractivity (Wildman–Crippen MR) is 78.0 cm³/mol. The summed E-state index contributed by atoms with van der Waals surface area (Å²) in [6.45, 7) is 4.22. The molecule has 0 aliphatic rings. The van der Waals surface area contributed by atoms with Gasteiger partial charge in [-0.2, -0.15) is 0 Å². The number of rotatable bonds is 6. The van der Waals surface area contributed by atoms with Crippen molar-refractivity contribution in [1.29, 1.82) is 0 Å². The molecule has 0 spiro atoms. The van der Waals surface area contributed by atoms with Gasteiger partial charge >= 0.3 is 0 Å². The Morgan fingerprint density at radius 3 is 3.00 bits per heavy atom. The molecule has 0 radical (unpaired) electrons. The van der Waals surface area contributed by atoms with Crippen LogP contribution in [-0.4, -0.2) is 25.2 Å². The SMILES string of the molecule is COCCNCc1coc(-c2ccc(C)cc2Br)n1. The van der Waals surface area contributed by atoms with Crippen LogP contribution in [0.1, 0.15) is 11.3 Å². The highest BCUT2D eigenvalue weighted by Crippen LogP contribution is 2.28. The van der Waals surface area contributed by atoms with Crippen molar-refractivity contribution in [3.05, 3.63) is 40.2 Å². The summed E-state index contributed by atoms with van der Waals surface area (Å²) in [5.41, 5.74) is 3.05. The fourth-order valence-electron chi connectivity index (χ4n) is 1.70. The van der Waals surface area contributed by atoms with E-state index in [9.17, 15) is 0 Å². The third-order valence-electron chi connectivity index (χ3n) is 2.70. The van der Waals surface area contributed by atoms with Crippen LogP contribution in [0.4, 0.5) is 0 Å². The van der Waals surface area contributed by atoms with Gasteiger partial charge in [0, 0.05) is 24.7 Å². The zero-order chi connectivity index (χ0) is 13.7. The molecule has 0 saturated heterocycles. The van der Waals surface area contributed by atoms with Gasteiger partial charge in [0.2, 0.25) is 5.89 Å². The summed E-state index contributed by atoms with van der Waals surface area (Å²) >= 11 is 3.53. The lowest BCUT2D eigenvalue weighted by atomic mass is 10.1. The van der Waals surface area contributed by atoms with Crippen molar-refractivity contribution in [3.63, 3.8) is 0 Å². The Labute approximate surface area is 121 Å². The molecule has 0 saturated carbocycles. The number of benzene rings is 1. The second kappa shape index (κ2) is 6.84. The number of nitrogens with one attached hydrogen (secondary N) is 1. The van der Waals surface area contributed by atoms with Crippen molar-refractivity contribution in [1.82, 2.24) is 10.3 Å². The first-order chi connectivity index (χ1) is 9.20. The molecule has 0 unspecified atom stereocenters. The lowest BCUT2D eigenvalue weighted by Gasteiger charge is -2.01. The molecule has 1 aromatic heterocycles. The molecular formula is C14H17BrN2O2. The van der Waals surface area contributed by atoms with Gasteiger partial charge < -0.3 is 14.5 Å². The Balaban J connectivity index is 2.04. The monoisotopic (exact) mass is 324 g/mol. The van der Waals surface area contributed by atoms with Gasteiger partial charge in [0.1, 0.15) is 6.26 Å². The zero-order valence-corrected chi connectivity index (χ0v) is 12.7. The standard InChI is InChI=1S/C14H17BrN2O2/c1-10-3-4-12(13(15)7-10)14-17-11(9-19-14)8-16-5-6-18-2/h3-4,7,9,16H,5-6,8H2,1-2H3. The number of halogens is 1. The smallest absolute Gasteiger partial charge is 0.227 e. The zero-order valence-electron chi connectivity index (χ0n) is 11.1. The van der Waals surface area contributed by atoms with E-state index in [4.69, 9.17) is 9.15 Å². The van der Waals surface area contributed by atoms with Crippen LogP contribution < -0.4 is 5.32 Å². The number of hydrogen-bond donors (Lipinski definition) is 1. The average molecular weight is 325 g/mol. The summed E-state index contributed by atoms with van der Waals surface area (Å²) in [5, 5.41) is 3.23. The van der Waals surface area contributed by atoms with E-state index >= 15 is 0 Å². The van der Waals surface area contributed by atoms with E-state index in [1.165, 1.54) is 5.56 Å². The first kappa shape index (κ1) is 14.2. The Morgan fingerprint density at radius 2 is 2.26 bits per heavy atom. The highest BCUT2D eigenvalue weighted by atomic mass is 79.9. The van der Waals surface area contributed by atoms with Crippen molar-refractivity contribution < 1.29 is 9.15 Å². The van der Waals surface area contributed by atoms with Crippen LogP contribution in [0.3, 0.4) is 0 Å². The maximum atomic E-state index is 5.52. The summed E-state index contributed by atoms with van der Waals surface area (Å²) < 4.78 is 11.5. The van der Waals surface area contributed by atoms with E-state index in [2.05, 4.69) is 39.2 Å². The predicted octanol–water partition coefficient (Wildman–Crippen LogP) is 3.15. The topological polar surface area (TPSA) is 47.3 Å². The molecule has 2 rings (SSSR count). The number of nitrogens with zero attached hydrogens (tertiary/aromatic N) is 1. The maximum Gasteiger partial charge on any atom is 0.227 e. The quantitative estimate of drug-likeness (QED) is 0.829. The molecule has 0 fully saturated rings. The van der Waals surface area contributed by atoms with Crippen molar-refractivity contribution in [3.8, 4) is 11.5 Å². The molecule has 1 N–H and O–H groups in total. The summed E-state index contributed by atoms with van der Waals surface area (Å²) in [7, 11) is 1.69. The Kier molecular flexibility index (Phi) is 5.13. The Morgan fingerprint density at radius 1 is 1.42 bits per heavy atom. The molecule has 0 aliphatic carbocycles. The molecule has 0 bridgehead atoms. The van der Waals surface area contributed by atoms with Crippen LogP contribution >= 0.6 is 15.9 Å². The minimum absolute atomic E-state index is 0.635. The van der Waals surface area contributed by atoms with Gasteiger partial charge in [-0.15, -0.1) is 0 Å². The molecule has 5 heteroatoms. The molecule has 0 amide bonds. The third-order valence-corrected chi connectivity index (χ3v) is 3.35. The highest BCUT2D eigenvalue weighted by Gasteiger charge is 2.10. The van der Waals surface area contributed by atoms with Crippen molar-refractivity contribution in [2.24, 2.45) is 0 Å². The van der Waals surface area contributed by atoms with E-state index < -0.39 is 0 Å². The second-order valence-electron chi connectivity index (χ2n) is 4.30. The largest absolute Gasteiger partial charge is 0.444 e. The number of ether oxygens (including phenoxy) is 1. The van der Waals surface area contributed by atoms with Crippen LogP contribution in [0.2, 0.25) is 0 Å².